The van der Waals surface area contributed by atoms with Crippen LogP contribution in [0.15, 0.2) is 48.7 Å². The van der Waals surface area contributed by atoms with Crippen LogP contribution in [0.2, 0.25) is 0 Å². The van der Waals surface area contributed by atoms with Crippen LogP contribution in [0, 0.1) is 6.92 Å². The number of fused-ring (bicyclic) bond motifs is 1. The Morgan fingerprint density at radius 1 is 1.00 bits per heavy atom. The van der Waals surface area contributed by atoms with Crippen LogP contribution in [0.1, 0.15) is 5.56 Å². The van der Waals surface area contributed by atoms with Crippen molar-refractivity contribution >= 4 is 16.5 Å². The lowest BCUT2D eigenvalue weighted by Gasteiger charge is -2.12. The predicted octanol–water partition coefficient (Wildman–Crippen LogP) is 3.93. The number of aromatic nitrogens is 1. The van der Waals surface area contributed by atoms with Gasteiger partial charge in [-0.2, -0.15) is 0 Å². The molecule has 0 aliphatic carbocycles. The molecule has 0 aliphatic rings. The fourth-order valence-electron chi connectivity index (χ4n) is 2.31. The second-order valence-electron chi connectivity index (χ2n) is 4.80. The van der Waals surface area contributed by atoms with Gasteiger partial charge in [-0.1, -0.05) is 24.3 Å². The molecule has 2 N–H and O–H groups in total. The molecule has 0 amide bonds. The largest absolute Gasteiger partial charge is 0.496 e. The average Bonchev–Trinajstić information content (AvgIpc) is 2.50. The maximum atomic E-state index is 5.95. The molecule has 21 heavy (non-hydrogen) atoms. The fourth-order valence-corrected chi connectivity index (χ4v) is 2.31. The Kier molecular flexibility index (Phi) is 3.36. The van der Waals surface area contributed by atoms with Crippen molar-refractivity contribution in [3.8, 4) is 17.4 Å². The Hall–Kier alpha value is -2.75. The van der Waals surface area contributed by atoms with Crippen molar-refractivity contribution in [2.24, 2.45) is 0 Å². The number of nitrogens with zero attached hydrogens (tertiary/aromatic N) is 1. The van der Waals surface area contributed by atoms with E-state index < -0.39 is 0 Å². The Morgan fingerprint density at radius 2 is 1.67 bits per heavy atom. The molecule has 2 aromatic carbocycles. The minimum absolute atomic E-state index is 0.555. The third-order valence-electron chi connectivity index (χ3n) is 3.32. The van der Waals surface area contributed by atoms with Gasteiger partial charge in [-0.05, 0) is 25.1 Å². The van der Waals surface area contributed by atoms with Gasteiger partial charge in [-0.3, -0.25) is 0 Å². The maximum absolute atomic E-state index is 5.95. The van der Waals surface area contributed by atoms with Crippen molar-refractivity contribution < 1.29 is 9.47 Å². The van der Waals surface area contributed by atoms with Crippen LogP contribution in [0.4, 0.5) is 5.69 Å². The molecule has 0 spiro atoms. The second kappa shape index (κ2) is 5.32. The third-order valence-corrected chi connectivity index (χ3v) is 3.32. The molecule has 0 saturated heterocycles. The van der Waals surface area contributed by atoms with E-state index >= 15 is 0 Å². The summed E-state index contributed by atoms with van der Waals surface area (Å²) in [5, 5.41) is 1.99. The number of anilines is 1. The number of nitrogens with two attached hydrogens (primary N) is 1. The summed E-state index contributed by atoms with van der Waals surface area (Å²) in [6.07, 6.45) is 1.59. The SMILES string of the molecule is COc1ccc(Oc2ncc(N)cc2C)c2ccccc12. The monoisotopic (exact) mass is 280 g/mol. The first-order valence-corrected chi connectivity index (χ1v) is 6.65. The summed E-state index contributed by atoms with van der Waals surface area (Å²) in [6, 6.07) is 13.6. The Balaban J connectivity index is 2.09. The molecule has 1 aromatic heterocycles. The zero-order valence-corrected chi connectivity index (χ0v) is 12.0. The smallest absolute Gasteiger partial charge is 0.222 e. The van der Waals surface area contributed by atoms with Crippen LogP contribution in [0.5, 0.6) is 17.4 Å². The van der Waals surface area contributed by atoms with E-state index in [1.165, 1.54) is 0 Å². The number of nitrogen functional groups attached to an aromatic ring is 1. The van der Waals surface area contributed by atoms with E-state index in [1.807, 2.05) is 49.4 Å². The normalized spacial score (nSPS) is 10.6. The summed E-state index contributed by atoms with van der Waals surface area (Å²) in [5.41, 5.74) is 7.24. The summed E-state index contributed by atoms with van der Waals surface area (Å²) < 4.78 is 11.3. The molecular weight excluding hydrogens is 264 g/mol. The van der Waals surface area contributed by atoms with Gasteiger partial charge >= 0.3 is 0 Å². The topological polar surface area (TPSA) is 57.4 Å². The van der Waals surface area contributed by atoms with Crippen molar-refractivity contribution in [3.05, 3.63) is 54.2 Å². The van der Waals surface area contributed by atoms with E-state index in [9.17, 15) is 0 Å². The highest BCUT2D eigenvalue weighted by Gasteiger charge is 2.10. The lowest BCUT2D eigenvalue weighted by Crippen LogP contribution is -1.95. The number of ether oxygens (including phenoxy) is 2. The summed E-state index contributed by atoms with van der Waals surface area (Å²) in [5.74, 6) is 2.12. The molecule has 0 atom stereocenters. The minimum atomic E-state index is 0.555. The third kappa shape index (κ3) is 2.48. The number of aryl methyl sites for hydroxylation is 1. The van der Waals surface area contributed by atoms with E-state index in [0.29, 0.717) is 11.6 Å². The average molecular weight is 280 g/mol. The van der Waals surface area contributed by atoms with Gasteiger partial charge in [-0.25, -0.2) is 4.98 Å². The molecule has 4 nitrogen and oxygen atoms in total. The molecular formula is C17H16N2O2. The first kappa shape index (κ1) is 13.2. The summed E-state index contributed by atoms with van der Waals surface area (Å²) >= 11 is 0. The lowest BCUT2D eigenvalue weighted by molar-refractivity contribution is 0.418. The standard InChI is InChI=1S/C17H16N2O2/c1-11-9-12(18)10-19-17(11)21-16-8-7-15(20-2)13-5-3-4-6-14(13)16/h3-10H,18H2,1-2H3. The zero-order chi connectivity index (χ0) is 14.8. The van der Waals surface area contributed by atoms with E-state index in [1.54, 1.807) is 13.3 Å². The van der Waals surface area contributed by atoms with Gasteiger partial charge in [0.1, 0.15) is 11.5 Å². The van der Waals surface area contributed by atoms with Crippen LogP contribution in [0.3, 0.4) is 0 Å². The van der Waals surface area contributed by atoms with Crippen molar-refractivity contribution in [2.45, 2.75) is 6.92 Å². The van der Waals surface area contributed by atoms with E-state index in [0.717, 1.165) is 27.8 Å². The first-order chi connectivity index (χ1) is 10.2. The van der Waals surface area contributed by atoms with Gasteiger partial charge in [0.15, 0.2) is 0 Å². The number of rotatable bonds is 3. The van der Waals surface area contributed by atoms with Gasteiger partial charge in [-0.15, -0.1) is 0 Å². The summed E-state index contributed by atoms with van der Waals surface area (Å²) in [7, 11) is 1.66. The van der Waals surface area contributed by atoms with E-state index in [-0.39, 0.29) is 0 Å². The number of pyridine rings is 1. The molecule has 3 rings (SSSR count). The van der Waals surface area contributed by atoms with Crippen LogP contribution in [-0.4, -0.2) is 12.1 Å². The molecule has 0 fully saturated rings. The van der Waals surface area contributed by atoms with Gasteiger partial charge in [0.2, 0.25) is 5.88 Å². The molecule has 0 bridgehead atoms. The predicted molar refractivity (Wildman–Crippen MR) is 84.0 cm³/mol. The Morgan fingerprint density at radius 3 is 2.33 bits per heavy atom. The number of hydrogen-bond donors (Lipinski definition) is 1. The zero-order valence-electron chi connectivity index (χ0n) is 12.0. The first-order valence-electron chi connectivity index (χ1n) is 6.65. The van der Waals surface area contributed by atoms with Crippen molar-refractivity contribution in [1.29, 1.82) is 0 Å². The van der Waals surface area contributed by atoms with Gasteiger partial charge < -0.3 is 15.2 Å². The molecule has 0 unspecified atom stereocenters. The van der Waals surface area contributed by atoms with Crippen LogP contribution in [-0.2, 0) is 0 Å². The van der Waals surface area contributed by atoms with Gasteiger partial charge in [0.05, 0.1) is 19.0 Å². The molecule has 4 heteroatoms. The van der Waals surface area contributed by atoms with Crippen LogP contribution >= 0.6 is 0 Å². The highest BCUT2D eigenvalue weighted by Crippen LogP contribution is 2.35. The second-order valence-corrected chi connectivity index (χ2v) is 4.80. The van der Waals surface area contributed by atoms with E-state index in [4.69, 9.17) is 15.2 Å². The summed E-state index contributed by atoms with van der Waals surface area (Å²) in [6.45, 7) is 1.92. The van der Waals surface area contributed by atoms with Crippen LogP contribution < -0.4 is 15.2 Å². The van der Waals surface area contributed by atoms with Crippen molar-refractivity contribution in [3.63, 3.8) is 0 Å². The van der Waals surface area contributed by atoms with Crippen LogP contribution in [0.25, 0.3) is 10.8 Å². The molecule has 3 aromatic rings. The number of hydrogen-bond acceptors (Lipinski definition) is 4. The Labute approximate surface area is 123 Å². The lowest BCUT2D eigenvalue weighted by atomic mass is 10.1. The molecule has 0 saturated carbocycles. The minimum Gasteiger partial charge on any atom is -0.496 e. The number of methoxy groups -OCH3 is 1. The highest BCUT2D eigenvalue weighted by molar-refractivity contribution is 5.93. The molecule has 1 heterocycles. The van der Waals surface area contributed by atoms with Gasteiger partial charge in [0.25, 0.3) is 0 Å². The fraction of sp³-hybridized carbons (Fsp3) is 0.118. The molecule has 106 valence electrons. The number of benzene rings is 2. The highest BCUT2D eigenvalue weighted by atomic mass is 16.5. The molecule has 0 radical (unpaired) electrons. The Bertz CT molecular complexity index is 800. The maximum Gasteiger partial charge on any atom is 0.222 e. The van der Waals surface area contributed by atoms with E-state index in [2.05, 4.69) is 4.98 Å². The quantitative estimate of drug-likeness (QED) is 0.789. The summed E-state index contributed by atoms with van der Waals surface area (Å²) in [4.78, 5) is 4.24. The van der Waals surface area contributed by atoms with Crippen molar-refractivity contribution in [1.82, 2.24) is 4.98 Å². The van der Waals surface area contributed by atoms with Crippen molar-refractivity contribution in [2.75, 3.05) is 12.8 Å². The molecule has 0 aliphatic heterocycles. The van der Waals surface area contributed by atoms with Gasteiger partial charge in [0, 0.05) is 16.3 Å².